The Balaban J connectivity index is 2.63. The topological polar surface area (TPSA) is 12.9 Å². The molecule has 0 spiro atoms. The van der Waals surface area contributed by atoms with Gasteiger partial charge in [0.25, 0.3) is 0 Å². The highest BCUT2D eigenvalue weighted by atomic mass is 35.5. The van der Waals surface area contributed by atoms with Gasteiger partial charge in [0, 0.05) is 12.1 Å². The van der Waals surface area contributed by atoms with Crippen molar-refractivity contribution in [3.8, 4) is 0 Å². The molecule has 0 N–H and O–H groups in total. The number of aromatic nitrogens is 1. The van der Waals surface area contributed by atoms with Crippen LogP contribution in [0.2, 0.25) is 0 Å². The molecule has 64 valence electrons. The molecule has 0 saturated carbocycles. The SMILES string of the molecule is Fc1cncc(C=CCCCl)c1. The van der Waals surface area contributed by atoms with Crippen LogP contribution in [0, 0.1) is 5.82 Å². The number of allylic oxidation sites excluding steroid dienone is 1. The number of nitrogens with zero attached hydrogens (tertiary/aromatic N) is 1. The van der Waals surface area contributed by atoms with Crippen molar-refractivity contribution in [3.63, 3.8) is 0 Å². The van der Waals surface area contributed by atoms with Gasteiger partial charge in [0.1, 0.15) is 5.82 Å². The molecule has 0 aliphatic carbocycles. The van der Waals surface area contributed by atoms with Gasteiger partial charge in [-0.15, -0.1) is 11.6 Å². The predicted molar refractivity (Wildman–Crippen MR) is 48.6 cm³/mol. The summed E-state index contributed by atoms with van der Waals surface area (Å²) in [5.41, 5.74) is 0.764. The quantitative estimate of drug-likeness (QED) is 0.660. The normalized spacial score (nSPS) is 10.8. The lowest BCUT2D eigenvalue weighted by atomic mass is 10.2. The standard InChI is InChI=1S/C9H9ClFN/c10-4-2-1-3-8-5-9(11)7-12-6-8/h1,3,5-7H,2,4H2. The average Bonchev–Trinajstić information content (AvgIpc) is 2.05. The van der Waals surface area contributed by atoms with Crippen LogP contribution in [0.1, 0.15) is 12.0 Å². The summed E-state index contributed by atoms with van der Waals surface area (Å²) < 4.78 is 12.6. The van der Waals surface area contributed by atoms with E-state index in [-0.39, 0.29) is 5.82 Å². The maximum atomic E-state index is 12.6. The Labute approximate surface area is 75.9 Å². The molecule has 0 unspecified atom stereocenters. The van der Waals surface area contributed by atoms with Gasteiger partial charge in [0.2, 0.25) is 0 Å². The number of halogens is 2. The molecule has 1 rings (SSSR count). The summed E-state index contributed by atoms with van der Waals surface area (Å²) in [7, 11) is 0. The fraction of sp³-hybridized carbons (Fsp3) is 0.222. The third-order valence-corrected chi connectivity index (χ3v) is 1.53. The maximum Gasteiger partial charge on any atom is 0.142 e. The average molecular weight is 186 g/mol. The summed E-state index contributed by atoms with van der Waals surface area (Å²) in [4.78, 5) is 3.70. The van der Waals surface area contributed by atoms with Crippen LogP contribution in [0.25, 0.3) is 6.08 Å². The lowest BCUT2D eigenvalue weighted by Gasteiger charge is -1.91. The van der Waals surface area contributed by atoms with Crippen LogP contribution >= 0.6 is 11.6 Å². The van der Waals surface area contributed by atoms with Crippen molar-refractivity contribution in [2.75, 3.05) is 5.88 Å². The Kier molecular flexibility index (Phi) is 3.74. The minimum absolute atomic E-state index is 0.317. The first-order chi connectivity index (χ1) is 5.83. The van der Waals surface area contributed by atoms with Gasteiger partial charge in [0.15, 0.2) is 0 Å². The second-order valence-electron chi connectivity index (χ2n) is 2.32. The van der Waals surface area contributed by atoms with Crippen LogP contribution in [-0.2, 0) is 0 Å². The van der Waals surface area contributed by atoms with E-state index in [0.717, 1.165) is 12.0 Å². The van der Waals surface area contributed by atoms with Crippen LogP contribution in [0.4, 0.5) is 4.39 Å². The zero-order valence-electron chi connectivity index (χ0n) is 6.50. The second-order valence-corrected chi connectivity index (χ2v) is 2.69. The summed E-state index contributed by atoms with van der Waals surface area (Å²) in [6.45, 7) is 0. The van der Waals surface area contributed by atoms with Gasteiger partial charge in [-0.05, 0) is 18.1 Å². The Hall–Kier alpha value is -0.890. The lowest BCUT2D eigenvalue weighted by molar-refractivity contribution is 0.621. The molecule has 1 heterocycles. The Morgan fingerprint density at radius 1 is 1.50 bits per heavy atom. The van der Waals surface area contributed by atoms with Crippen LogP contribution in [0.15, 0.2) is 24.5 Å². The molecule has 0 bridgehead atoms. The smallest absolute Gasteiger partial charge is 0.142 e. The Bertz CT molecular complexity index is 273. The number of rotatable bonds is 3. The van der Waals surface area contributed by atoms with Gasteiger partial charge in [-0.1, -0.05) is 12.2 Å². The van der Waals surface area contributed by atoms with E-state index in [1.54, 1.807) is 12.3 Å². The van der Waals surface area contributed by atoms with Gasteiger partial charge in [-0.2, -0.15) is 0 Å². The molecule has 0 aliphatic rings. The molecule has 12 heavy (non-hydrogen) atoms. The van der Waals surface area contributed by atoms with E-state index in [4.69, 9.17) is 11.6 Å². The van der Waals surface area contributed by atoms with Gasteiger partial charge < -0.3 is 0 Å². The molecule has 0 saturated heterocycles. The minimum Gasteiger partial charge on any atom is -0.261 e. The zero-order chi connectivity index (χ0) is 8.81. The van der Waals surface area contributed by atoms with Crippen LogP contribution in [0.3, 0.4) is 0 Å². The Morgan fingerprint density at radius 3 is 3.00 bits per heavy atom. The molecule has 0 atom stereocenters. The summed E-state index contributed by atoms with van der Waals surface area (Å²) in [5.74, 6) is 0.266. The molecule has 1 aromatic rings. The number of hydrogen-bond donors (Lipinski definition) is 0. The fourth-order valence-electron chi connectivity index (χ4n) is 0.802. The summed E-state index contributed by atoms with van der Waals surface area (Å²) in [5, 5.41) is 0. The molecule has 1 aromatic heterocycles. The highest BCUT2D eigenvalue weighted by Gasteiger charge is 1.89. The predicted octanol–water partition coefficient (Wildman–Crippen LogP) is 2.86. The molecule has 0 radical (unpaired) electrons. The first-order valence-electron chi connectivity index (χ1n) is 3.66. The maximum absolute atomic E-state index is 12.6. The fourth-order valence-corrected chi connectivity index (χ4v) is 0.928. The second kappa shape index (κ2) is 4.88. The lowest BCUT2D eigenvalue weighted by Crippen LogP contribution is -1.79. The summed E-state index contributed by atoms with van der Waals surface area (Å²) >= 11 is 5.46. The van der Waals surface area contributed by atoms with Crippen LogP contribution in [-0.4, -0.2) is 10.9 Å². The van der Waals surface area contributed by atoms with E-state index in [1.165, 1.54) is 12.3 Å². The minimum atomic E-state index is -0.317. The van der Waals surface area contributed by atoms with E-state index < -0.39 is 0 Å². The van der Waals surface area contributed by atoms with Crippen molar-refractivity contribution in [1.82, 2.24) is 4.98 Å². The number of alkyl halides is 1. The third-order valence-electron chi connectivity index (χ3n) is 1.31. The van der Waals surface area contributed by atoms with Crippen molar-refractivity contribution in [1.29, 1.82) is 0 Å². The molecule has 0 fully saturated rings. The van der Waals surface area contributed by atoms with Crippen molar-refractivity contribution < 1.29 is 4.39 Å². The van der Waals surface area contributed by atoms with Gasteiger partial charge in [-0.3, -0.25) is 4.98 Å². The molecule has 3 heteroatoms. The highest BCUT2D eigenvalue weighted by molar-refractivity contribution is 6.17. The Morgan fingerprint density at radius 2 is 2.33 bits per heavy atom. The molecule has 0 amide bonds. The van der Waals surface area contributed by atoms with Gasteiger partial charge in [0.05, 0.1) is 6.20 Å². The number of pyridine rings is 1. The number of hydrogen-bond acceptors (Lipinski definition) is 1. The zero-order valence-corrected chi connectivity index (χ0v) is 7.26. The first kappa shape index (κ1) is 9.20. The molecule has 1 nitrogen and oxygen atoms in total. The first-order valence-corrected chi connectivity index (χ1v) is 4.19. The largest absolute Gasteiger partial charge is 0.261 e. The van der Waals surface area contributed by atoms with Gasteiger partial charge >= 0.3 is 0 Å². The van der Waals surface area contributed by atoms with E-state index in [2.05, 4.69) is 4.98 Å². The van der Waals surface area contributed by atoms with Crippen molar-refractivity contribution in [3.05, 3.63) is 35.9 Å². The van der Waals surface area contributed by atoms with Crippen molar-refractivity contribution >= 4 is 17.7 Å². The van der Waals surface area contributed by atoms with Crippen LogP contribution < -0.4 is 0 Å². The highest BCUT2D eigenvalue weighted by Crippen LogP contribution is 2.03. The van der Waals surface area contributed by atoms with E-state index in [0.29, 0.717) is 5.88 Å². The molecular formula is C9H9ClFN. The van der Waals surface area contributed by atoms with Crippen molar-refractivity contribution in [2.24, 2.45) is 0 Å². The van der Waals surface area contributed by atoms with Crippen LogP contribution in [0.5, 0.6) is 0 Å². The third kappa shape index (κ3) is 3.01. The molecule has 0 aliphatic heterocycles. The van der Waals surface area contributed by atoms with E-state index >= 15 is 0 Å². The summed E-state index contributed by atoms with van der Waals surface area (Å²) in [6, 6.07) is 1.43. The summed E-state index contributed by atoms with van der Waals surface area (Å²) in [6.07, 6.45) is 7.27. The van der Waals surface area contributed by atoms with Crippen molar-refractivity contribution in [2.45, 2.75) is 6.42 Å². The molecular weight excluding hydrogens is 177 g/mol. The molecule has 0 aromatic carbocycles. The van der Waals surface area contributed by atoms with E-state index in [1.807, 2.05) is 6.08 Å². The van der Waals surface area contributed by atoms with E-state index in [9.17, 15) is 4.39 Å². The van der Waals surface area contributed by atoms with Gasteiger partial charge in [-0.25, -0.2) is 4.39 Å². The monoisotopic (exact) mass is 185 g/mol.